The van der Waals surface area contributed by atoms with Crippen molar-refractivity contribution in [3.05, 3.63) is 10.4 Å². The maximum Gasteiger partial charge on any atom is 0.228 e. The zero-order chi connectivity index (χ0) is 12.3. The summed E-state index contributed by atoms with van der Waals surface area (Å²) in [5.41, 5.74) is 8.39. The first-order valence-electron chi connectivity index (χ1n) is 5.51. The minimum atomic E-state index is 0.0776. The first kappa shape index (κ1) is 11.4. The van der Waals surface area contributed by atoms with Crippen molar-refractivity contribution in [1.82, 2.24) is 15.0 Å². The normalized spacial score (nSPS) is 14.3. The summed E-state index contributed by atoms with van der Waals surface area (Å²) >= 11 is 0. The number of anilines is 2. The van der Waals surface area contributed by atoms with E-state index in [2.05, 4.69) is 35.6 Å². The standard InChI is InChI=1S/C9H14N8/c1-5(2)11-7-13-8(12-6-3-4-6)15-9(14-7)16-17-10/h5-6H,3-4H2,1-2H3,(H2,11,12,13,14,15). The van der Waals surface area contributed by atoms with Crippen molar-refractivity contribution in [3.8, 4) is 0 Å². The predicted octanol–water partition coefficient (Wildman–Crippen LogP) is 2.21. The van der Waals surface area contributed by atoms with Crippen molar-refractivity contribution >= 4 is 17.8 Å². The van der Waals surface area contributed by atoms with Gasteiger partial charge < -0.3 is 10.6 Å². The van der Waals surface area contributed by atoms with Gasteiger partial charge in [0.05, 0.1) is 0 Å². The molecule has 90 valence electrons. The van der Waals surface area contributed by atoms with E-state index in [-0.39, 0.29) is 12.0 Å². The van der Waals surface area contributed by atoms with Crippen LogP contribution in [-0.4, -0.2) is 27.0 Å². The smallest absolute Gasteiger partial charge is 0.228 e. The molecule has 0 bridgehead atoms. The maximum absolute atomic E-state index is 8.39. The van der Waals surface area contributed by atoms with E-state index < -0.39 is 0 Å². The molecule has 1 fully saturated rings. The fraction of sp³-hybridized carbons (Fsp3) is 0.667. The van der Waals surface area contributed by atoms with Gasteiger partial charge in [0.1, 0.15) is 0 Å². The minimum absolute atomic E-state index is 0.0776. The van der Waals surface area contributed by atoms with E-state index in [4.69, 9.17) is 5.53 Å². The lowest BCUT2D eigenvalue weighted by atomic mass is 10.4. The lowest BCUT2D eigenvalue weighted by Gasteiger charge is -2.10. The van der Waals surface area contributed by atoms with Crippen LogP contribution in [0.4, 0.5) is 17.8 Å². The first-order valence-corrected chi connectivity index (χ1v) is 5.51. The van der Waals surface area contributed by atoms with Gasteiger partial charge in [0.15, 0.2) is 0 Å². The molecule has 2 rings (SSSR count). The second kappa shape index (κ2) is 4.84. The maximum atomic E-state index is 8.39. The third-order valence-corrected chi connectivity index (χ3v) is 2.09. The van der Waals surface area contributed by atoms with Crippen LogP contribution >= 0.6 is 0 Å². The molecule has 1 aliphatic carbocycles. The summed E-state index contributed by atoms with van der Waals surface area (Å²) in [6, 6.07) is 0.633. The topological polar surface area (TPSA) is 111 Å². The van der Waals surface area contributed by atoms with Crippen molar-refractivity contribution in [2.75, 3.05) is 10.6 Å². The molecule has 8 heteroatoms. The largest absolute Gasteiger partial charge is 0.352 e. The summed E-state index contributed by atoms with van der Waals surface area (Å²) in [7, 11) is 0. The molecule has 0 saturated heterocycles. The highest BCUT2D eigenvalue weighted by Gasteiger charge is 2.22. The van der Waals surface area contributed by atoms with Crippen LogP contribution in [0.1, 0.15) is 26.7 Å². The van der Waals surface area contributed by atoms with Gasteiger partial charge in [-0.2, -0.15) is 15.0 Å². The lowest BCUT2D eigenvalue weighted by Crippen LogP contribution is -2.14. The summed E-state index contributed by atoms with van der Waals surface area (Å²) in [4.78, 5) is 14.9. The summed E-state index contributed by atoms with van der Waals surface area (Å²) in [5, 5.41) is 9.60. The summed E-state index contributed by atoms with van der Waals surface area (Å²) in [5.74, 6) is 0.947. The Morgan fingerprint density at radius 2 is 2.00 bits per heavy atom. The van der Waals surface area contributed by atoms with Crippen molar-refractivity contribution in [1.29, 1.82) is 0 Å². The SMILES string of the molecule is CC(C)Nc1nc(N=[N+]=[N-])nc(NC2CC2)n1. The summed E-state index contributed by atoms with van der Waals surface area (Å²) < 4.78 is 0. The molecule has 8 nitrogen and oxygen atoms in total. The Labute approximate surface area is 98.5 Å². The van der Waals surface area contributed by atoms with Crippen molar-refractivity contribution in [3.63, 3.8) is 0 Å². The molecule has 17 heavy (non-hydrogen) atoms. The zero-order valence-electron chi connectivity index (χ0n) is 9.75. The van der Waals surface area contributed by atoms with Crippen LogP contribution in [0.15, 0.2) is 5.11 Å². The quantitative estimate of drug-likeness (QED) is 0.460. The van der Waals surface area contributed by atoms with Crippen LogP contribution in [0.25, 0.3) is 10.4 Å². The summed E-state index contributed by atoms with van der Waals surface area (Å²) in [6.45, 7) is 3.95. The number of rotatable bonds is 5. The molecule has 0 atom stereocenters. The van der Waals surface area contributed by atoms with Gasteiger partial charge in [0.2, 0.25) is 17.8 Å². The van der Waals surface area contributed by atoms with E-state index in [1.807, 2.05) is 13.8 Å². The van der Waals surface area contributed by atoms with Gasteiger partial charge in [-0.25, -0.2) is 0 Å². The molecule has 0 aliphatic heterocycles. The van der Waals surface area contributed by atoms with Gasteiger partial charge in [-0.1, -0.05) is 0 Å². The molecule has 1 aromatic rings. The monoisotopic (exact) mass is 234 g/mol. The molecule has 0 amide bonds. The first-order chi connectivity index (χ1) is 8.17. The molecule has 0 unspecified atom stereocenters. The Balaban J connectivity index is 2.23. The van der Waals surface area contributed by atoms with E-state index >= 15 is 0 Å². The molecule has 0 spiro atoms. The van der Waals surface area contributed by atoms with Crippen LogP contribution in [0.5, 0.6) is 0 Å². The molecular formula is C9H14N8. The number of hydrogen-bond donors (Lipinski definition) is 2. The van der Waals surface area contributed by atoms with Crippen LogP contribution in [0.3, 0.4) is 0 Å². The molecule has 0 aromatic carbocycles. The number of nitrogens with zero attached hydrogens (tertiary/aromatic N) is 6. The van der Waals surface area contributed by atoms with Crippen molar-refractivity contribution in [2.24, 2.45) is 5.11 Å². The highest BCUT2D eigenvalue weighted by molar-refractivity contribution is 5.41. The van der Waals surface area contributed by atoms with E-state index in [0.717, 1.165) is 12.8 Å². The van der Waals surface area contributed by atoms with Crippen LogP contribution in [-0.2, 0) is 0 Å². The molecule has 1 heterocycles. The van der Waals surface area contributed by atoms with Gasteiger partial charge in [-0.3, -0.25) is 0 Å². The van der Waals surface area contributed by atoms with Crippen molar-refractivity contribution in [2.45, 2.75) is 38.8 Å². The molecule has 1 aliphatic rings. The molecular weight excluding hydrogens is 220 g/mol. The molecule has 1 saturated carbocycles. The van der Waals surface area contributed by atoms with E-state index in [0.29, 0.717) is 17.9 Å². The molecule has 1 aromatic heterocycles. The van der Waals surface area contributed by atoms with Crippen LogP contribution < -0.4 is 10.6 Å². The third-order valence-electron chi connectivity index (χ3n) is 2.09. The third kappa shape index (κ3) is 3.46. The van der Waals surface area contributed by atoms with E-state index in [1.165, 1.54) is 0 Å². The molecule has 0 radical (unpaired) electrons. The second-order valence-corrected chi connectivity index (χ2v) is 4.19. The van der Waals surface area contributed by atoms with Crippen molar-refractivity contribution < 1.29 is 0 Å². The van der Waals surface area contributed by atoms with Gasteiger partial charge in [-0.05, 0) is 37.3 Å². The zero-order valence-corrected chi connectivity index (χ0v) is 9.75. The minimum Gasteiger partial charge on any atom is -0.352 e. The van der Waals surface area contributed by atoms with Crippen LogP contribution in [0.2, 0.25) is 0 Å². The Hall–Kier alpha value is -2.08. The fourth-order valence-corrected chi connectivity index (χ4v) is 1.25. The van der Waals surface area contributed by atoms with Gasteiger partial charge in [0, 0.05) is 17.0 Å². The van der Waals surface area contributed by atoms with Crippen LogP contribution in [0, 0.1) is 0 Å². The Morgan fingerprint density at radius 1 is 1.29 bits per heavy atom. The molecule has 2 N–H and O–H groups in total. The fourth-order valence-electron chi connectivity index (χ4n) is 1.25. The van der Waals surface area contributed by atoms with E-state index in [9.17, 15) is 0 Å². The highest BCUT2D eigenvalue weighted by atomic mass is 15.3. The van der Waals surface area contributed by atoms with Gasteiger partial charge in [-0.15, -0.1) is 0 Å². The highest BCUT2D eigenvalue weighted by Crippen LogP contribution is 2.24. The van der Waals surface area contributed by atoms with E-state index in [1.54, 1.807) is 0 Å². The Bertz CT molecular complexity index is 424. The average molecular weight is 234 g/mol. The lowest BCUT2D eigenvalue weighted by molar-refractivity contribution is 0.864. The average Bonchev–Trinajstić information content (AvgIpc) is 3.00. The van der Waals surface area contributed by atoms with Gasteiger partial charge in [0.25, 0.3) is 0 Å². The second-order valence-electron chi connectivity index (χ2n) is 4.19. The predicted molar refractivity (Wildman–Crippen MR) is 64.0 cm³/mol. The number of nitrogens with one attached hydrogen (secondary N) is 2. The van der Waals surface area contributed by atoms with Gasteiger partial charge >= 0.3 is 0 Å². The number of azide groups is 1. The summed E-state index contributed by atoms with van der Waals surface area (Å²) in [6.07, 6.45) is 2.24. The number of hydrogen-bond acceptors (Lipinski definition) is 6. The Kier molecular flexibility index (Phi) is 3.24. The Morgan fingerprint density at radius 3 is 2.59 bits per heavy atom. The number of aromatic nitrogens is 3.